The van der Waals surface area contributed by atoms with Crippen molar-refractivity contribution in [2.45, 2.75) is 129 Å². The Bertz CT molecular complexity index is 2270. The molecule has 2 aliphatic carbocycles. The maximum atomic E-state index is 14.4. The van der Waals surface area contributed by atoms with Crippen molar-refractivity contribution in [2.75, 3.05) is 26.9 Å². The van der Waals surface area contributed by atoms with Gasteiger partial charge >= 0.3 is 6.09 Å². The van der Waals surface area contributed by atoms with Gasteiger partial charge in [0.1, 0.15) is 17.7 Å². The minimum Gasteiger partial charge on any atom is -0.453 e. The van der Waals surface area contributed by atoms with Crippen LogP contribution in [0.15, 0.2) is 48.7 Å². The number of carbonyl (C=O) groups excluding carboxylic acids is 3. The number of H-pyrrole nitrogens is 2. The molecular formula is C50H65N7O5. The Hall–Kier alpha value is -4.97. The Morgan fingerprint density at radius 2 is 1.65 bits per heavy atom. The normalized spacial score (nSPS) is 25.6. The summed E-state index contributed by atoms with van der Waals surface area (Å²) in [6.07, 6.45) is 12.3. The van der Waals surface area contributed by atoms with Gasteiger partial charge in [0.2, 0.25) is 11.8 Å². The van der Waals surface area contributed by atoms with Crippen LogP contribution in [0.5, 0.6) is 0 Å². The highest BCUT2D eigenvalue weighted by Crippen LogP contribution is 2.49. The summed E-state index contributed by atoms with van der Waals surface area (Å²) >= 11 is 0. The van der Waals surface area contributed by atoms with Crippen molar-refractivity contribution in [3.8, 4) is 33.6 Å². The van der Waals surface area contributed by atoms with Gasteiger partial charge in [-0.15, -0.1) is 0 Å². The Kier molecular flexibility index (Phi) is 11.8. The number of carbonyl (C=O) groups is 3. The van der Waals surface area contributed by atoms with E-state index in [4.69, 9.17) is 19.4 Å². The standard InChI is InChI=1S/C50H65N7O5/c1-29(2)31(5)47(58)56-27-50(21-10-22-62-28-50)25-42(56)45-51-26-39(53-45)33-17-15-32(16-18-33)34-19-20-37-35(23-34)12-9-13-38-44(37)54-46(52-38)41-24-36-11-7-8-14-40(36)57(41)48(59)43(30(3)4)55-49(60)61-6/h15-20,23,26,29-31,36,40-43H,7-14,21-22,24-25,27-28H2,1-6H3,(H,51,53)(H,52,54)(H,55,60)/t31-,36-,40-,41-,42-,43-,50-/m0/s1. The van der Waals surface area contributed by atoms with Crippen molar-refractivity contribution in [1.82, 2.24) is 35.1 Å². The molecule has 12 nitrogen and oxygen atoms in total. The van der Waals surface area contributed by atoms with E-state index in [1.54, 1.807) is 0 Å². The number of fused-ring (bicyclic) bond motifs is 4. The maximum absolute atomic E-state index is 14.4. The zero-order valence-corrected chi connectivity index (χ0v) is 37.5. The van der Waals surface area contributed by atoms with Gasteiger partial charge in [-0.2, -0.15) is 0 Å². The lowest BCUT2D eigenvalue weighted by Gasteiger charge is -2.36. The van der Waals surface area contributed by atoms with Gasteiger partial charge in [-0.05, 0) is 97.8 Å². The third kappa shape index (κ3) is 7.96. The first kappa shape index (κ1) is 42.3. The fourth-order valence-electron chi connectivity index (χ4n) is 11.3. The number of benzene rings is 2. The molecule has 1 saturated carbocycles. The number of hydrogen-bond donors (Lipinski definition) is 3. The number of rotatable bonds is 9. The van der Waals surface area contributed by atoms with Gasteiger partial charge in [0.15, 0.2) is 0 Å². The zero-order valence-electron chi connectivity index (χ0n) is 37.5. The van der Waals surface area contributed by atoms with Crippen LogP contribution in [0.4, 0.5) is 4.79 Å². The number of imidazole rings is 2. The van der Waals surface area contributed by atoms with Gasteiger partial charge in [0, 0.05) is 36.1 Å². The average Bonchev–Trinajstić information content (AvgIpc) is 4.08. The molecule has 330 valence electrons. The quantitative estimate of drug-likeness (QED) is 0.152. The number of nitrogens with zero attached hydrogens (tertiary/aromatic N) is 4. The first-order valence-corrected chi connectivity index (χ1v) is 23.4. The summed E-state index contributed by atoms with van der Waals surface area (Å²) in [5.41, 5.74) is 8.87. The number of aromatic nitrogens is 4. The summed E-state index contributed by atoms with van der Waals surface area (Å²) in [4.78, 5) is 62.3. The molecule has 0 bridgehead atoms. The third-order valence-electron chi connectivity index (χ3n) is 15.1. The minimum absolute atomic E-state index is 0.0157. The van der Waals surface area contributed by atoms with Crippen LogP contribution in [-0.4, -0.2) is 86.6 Å². The topological polar surface area (TPSA) is 146 Å². The highest BCUT2D eigenvalue weighted by molar-refractivity contribution is 5.87. The molecule has 62 heavy (non-hydrogen) atoms. The molecule has 5 aliphatic rings. The molecule has 12 heteroatoms. The molecule has 3 amide bonds. The SMILES string of the molecule is COC(=O)N[C@H](C(=O)N1[C@H](c2nc3c([nH]2)-c2ccc(-c4ccc(-c5cnc([C@@H]6C[C@@]7(CCCOC7)CN6C(=O)[C@@H](C)C(C)C)[nH]5)cc4)cc2CCC3)C[C@@H]2CCCC[C@@H]21)C(C)C. The lowest BCUT2D eigenvalue weighted by Crippen LogP contribution is -2.53. The molecule has 2 aromatic heterocycles. The second-order valence-electron chi connectivity index (χ2n) is 19.8. The van der Waals surface area contributed by atoms with Crippen molar-refractivity contribution in [2.24, 2.45) is 29.1 Å². The van der Waals surface area contributed by atoms with E-state index in [-0.39, 0.29) is 53.1 Å². The van der Waals surface area contributed by atoms with Crippen molar-refractivity contribution >= 4 is 17.9 Å². The molecule has 4 fully saturated rings. The van der Waals surface area contributed by atoms with E-state index < -0.39 is 12.1 Å². The van der Waals surface area contributed by atoms with Gasteiger partial charge in [-0.1, -0.05) is 89.9 Å². The minimum atomic E-state index is -0.674. The molecule has 5 heterocycles. The summed E-state index contributed by atoms with van der Waals surface area (Å²) in [7, 11) is 1.34. The first-order valence-electron chi connectivity index (χ1n) is 23.4. The number of aromatic amines is 2. The van der Waals surface area contributed by atoms with E-state index in [9.17, 15) is 14.4 Å². The molecule has 1 spiro atoms. The second-order valence-corrected chi connectivity index (χ2v) is 19.8. The average molecular weight is 844 g/mol. The predicted molar refractivity (Wildman–Crippen MR) is 239 cm³/mol. The predicted octanol–water partition coefficient (Wildman–Crippen LogP) is 9.20. The van der Waals surface area contributed by atoms with E-state index in [2.05, 4.69) is 81.4 Å². The van der Waals surface area contributed by atoms with Gasteiger partial charge in [0.05, 0.1) is 49.1 Å². The largest absolute Gasteiger partial charge is 0.453 e. The number of ether oxygens (including phenoxy) is 2. The van der Waals surface area contributed by atoms with E-state index in [1.807, 2.05) is 27.0 Å². The number of nitrogens with one attached hydrogen (secondary N) is 3. The molecule has 9 rings (SSSR count). The summed E-state index contributed by atoms with van der Waals surface area (Å²) in [5.74, 6) is 2.39. The second kappa shape index (κ2) is 17.3. The Morgan fingerprint density at radius 3 is 2.39 bits per heavy atom. The maximum Gasteiger partial charge on any atom is 0.407 e. The highest BCUT2D eigenvalue weighted by Gasteiger charge is 2.50. The fraction of sp³-hybridized carbons (Fsp3) is 0.580. The summed E-state index contributed by atoms with van der Waals surface area (Å²) < 4.78 is 10.9. The lowest BCUT2D eigenvalue weighted by atomic mass is 9.80. The van der Waals surface area contributed by atoms with Crippen molar-refractivity contribution in [3.05, 3.63) is 71.6 Å². The molecule has 0 radical (unpaired) electrons. The van der Waals surface area contributed by atoms with Crippen LogP contribution in [0, 0.1) is 29.1 Å². The van der Waals surface area contributed by atoms with Gasteiger partial charge in [-0.25, -0.2) is 14.8 Å². The van der Waals surface area contributed by atoms with Crippen LogP contribution >= 0.6 is 0 Å². The monoisotopic (exact) mass is 844 g/mol. The Labute approximate surface area is 366 Å². The van der Waals surface area contributed by atoms with Crippen LogP contribution in [0.25, 0.3) is 33.6 Å². The molecule has 7 atom stereocenters. The lowest BCUT2D eigenvalue weighted by molar-refractivity contribution is -0.139. The molecule has 3 aliphatic heterocycles. The Morgan fingerprint density at radius 1 is 0.871 bits per heavy atom. The number of methoxy groups -OCH3 is 1. The van der Waals surface area contributed by atoms with Crippen LogP contribution in [-0.2, 0) is 31.9 Å². The molecule has 2 aromatic carbocycles. The Balaban J connectivity index is 0.947. The zero-order chi connectivity index (χ0) is 43.3. The number of alkyl carbamates (subject to hydrolysis) is 1. The first-order chi connectivity index (χ1) is 29.9. The summed E-state index contributed by atoms with van der Waals surface area (Å²) in [6.45, 7) is 12.4. The van der Waals surface area contributed by atoms with Crippen LogP contribution < -0.4 is 5.32 Å². The third-order valence-corrected chi connectivity index (χ3v) is 15.1. The summed E-state index contributed by atoms with van der Waals surface area (Å²) in [6, 6.07) is 14.6. The number of aryl methyl sites for hydroxylation is 2. The fourth-order valence-corrected chi connectivity index (χ4v) is 11.3. The molecule has 3 N–H and O–H groups in total. The van der Waals surface area contributed by atoms with Crippen molar-refractivity contribution < 1.29 is 23.9 Å². The molecular weight excluding hydrogens is 779 g/mol. The van der Waals surface area contributed by atoms with Crippen molar-refractivity contribution in [1.29, 1.82) is 0 Å². The van der Waals surface area contributed by atoms with E-state index >= 15 is 0 Å². The smallest absolute Gasteiger partial charge is 0.407 e. The van der Waals surface area contributed by atoms with E-state index in [0.29, 0.717) is 12.5 Å². The molecule has 3 saturated heterocycles. The van der Waals surface area contributed by atoms with Crippen LogP contribution in [0.3, 0.4) is 0 Å². The van der Waals surface area contributed by atoms with Gasteiger partial charge < -0.3 is 34.6 Å². The van der Waals surface area contributed by atoms with E-state index in [0.717, 1.165) is 123 Å². The molecule has 0 unspecified atom stereocenters. The van der Waals surface area contributed by atoms with Crippen LogP contribution in [0.2, 0.25) is 0 Å². The molecule has 4 aromatic rings. The van der Waals surface area contributed by atoms with E-state index in [1.165, 1.54) is 24.7 Å². The van der Waals surface area contributed by atoms with Crippen LogP contribution in [0.1, 0.15) is 127 Å². The van der Waals surface area contributed by atoms with Gasteiger partial charge in [0.25, 0.3) is 0 Å². The number of likely N-dealkylation sites (tertiary alicyclic amines) is 2. The van der Waals surface area contributed by atoms with Crippen molar-refractivity contribution in [3.63, 3.8) is 0 Å². The number of hydrogen-bond acceptors (Lipinski definition) is 7. The number of amides is 3. The van der Waals surface area contributed by atoms with Gasteiger partial charge in [-0.3, -0.25) is 9.59 Å². The summed E-state index contributed by atoms with van der Waals surface area (Å²) in [5, 5.41) is 2.84. The highest BCUT2D eigenvalue weighted by atomic mass is 16.5.